The fraction of sp³-hybridized carbons (Fsp3) is 0.727. The van der Waals surface area contributed by atoms with Crippen molar-refractivity contribution in [2.24, 2.45) is 0 Å². The summed E-state index contributed by atoms with van der Waals surface area (Å²) in [6.07, 6.45) is 5.51. The Labute approximate surface area is 91.0 Å². The molecule has 1 rings (SSSR count). The average Bonchev–Trinajstić information content (AvgIpc) is 2.13. The molecule has 1 amide bonds. The molecule has 15 heavy (non-hydrogen) atoms. The zero-order valence-corrected chi connectivity index (χ0v) is 9.38. The number of morpholine rings is 1. The summed E-state index contributed by atoms with van der Waals surface area (Å²) in [4.78, 5) is 12.7. The summed E-state index contributed by atoms with van der Waals surface area (Å²) in [5.41, 5.74) is 0. The van der Waals surface area contributed by atoms with Gasteiger partial charge in [0.25, 0.3) is 5.91 Å². The number of carbonyl (C=O) groups excluding carboxylic acids is 1. The van der Waals surface area contributed by atoms with Crippen LogP contribution in [0.15, 0.2) is 0 Å². The Bertz CT molecular complexity index is 250. The van der Waals surface area contributed by atoms with E-state index in [1.165, 1.54) is 4.90 Å². The zero-order valence-electron chi connectivity index (χ0n) is 9.38. The van der Waals surface area contributed by atoms with Gasteiger partial charge in [-0.05, 0) is 13.8 Å². The molecule has 0 spiro atoms. The van der Waals surface area contributed by atoms with Gasteiger partial charge >= 0.3 is 0 Å². The topological polar surface area (TPSA) is 42.8 Å². The average molecular weight is 211 g/mol. The first-order valence-corrected chi connectivity index (χ1v) is 5.31. The SMILES string of the molecule is C#CCNC(=O)C[NH+]1C[C@H](C)O[C@@H](C)C1. The molecular formula is C11H19N2O2+. The first kappa shape index (κ1) is 12.0. The fourth-order valence-corrected chi connectivity index (χ4v) is 1.97. The fourth-order valence-electron chi connectivity index (χ4n) is 1.97. The van der Waals surface area contributed by atoms with E-state index in [2.05, 4.69) is 11.2 Å². The van der Waals surface area contributed by atoms with E-state index in [4.69, 9.17) is 11.2 Å². The summed E-state index contributed by atoms with van der Waals surface area (Å²) >= 11 is 0. The Morgan fingerprint density at radius 3 is 2.67 bits per heavy atom. The van der Waals surface area contributed by atoms with Crippen LogP contribution in [0.4, 0.5) is 0 Å². The number of amides is 1. The minimum absolute atomic E-state index is 0.0178. The molecule has 0 saturated carbocycles. The van der Waals surface area contributed by atoms with Gasteiger partial charge < -0.3 is 15.0 Å². The molecule has 0 aromatic heterocycles. The molecule has 0 bridgehead atoms. The van der Waals surface area contributed by atoms with Crippen LogP contribution in [0, 0.1) is 12.3 Å². The molecule has 1 aliphatic heterocycles. The van der Waals surface area contributed by atoms with Crippen molar-refractivity contribution >= 4 is 5.91 Å². The van der Waals surface area contributed by atoms with E-state index in [-0.39, 0.29) is 18.1 Å². The molecule has 0 aromatic rings. The highest BCUT2D eigenvalue weighted by Gasteiger charge is 2.26. The molecule has 0 unspecified atom stereocenters. The van der Waals surface area contributed by atoms with Crippen molar-refractivity contribution in [3.8, 4) is 12.3 Å². The van der Waals surface area contributed by atoms with Crippen molar-refractivity contribution in [1.82, 2.24) is 5.32 Å². The normalized spacial score (nSPS) is 30.6. The standard InChI is InChI=1S/C11H18N2O2/c1-4-5-12-11(14)8-13-6-9(2)15-10(3)7-13/h1,9-10H,5-8H2,2-3H3,(H,12,14)/p+1/t9-,10-/m0/s1. The van der Waals surface area contributed by atoms with Crippen LogP contribution in [0.1, 0.15) is 13.8 Å². The molecule has 4 nitrogen and oxygen atoms in total. The molecule has 4 heteroatoms. The van der Waals surface area contributed by atoms with Crippen molar-refractivity contribution < 1.29 is 14.4 Å². The van der Waals surface area contributed by atoms with E-state index in [9.17, 15) is 4.79 Å². The molecule has 2 atom stereocenters. The van der Waals surface area contributed by atoms with Gasteiger partial charge in [-0.15, -0.1) is 6.42 Å². The van der Waals surface area contributed by atoms with E-state index in [0.717, 1.165) is 13.1 Å². The van der Waals surface area contributed by atoms with Crippen molar-refractivity contribution in [1.29, 1.82) is 0 Å². The molecule has 84 valence electrons. The minimum Gasteiger partial charge on any atom is -0.364 e. The predicted octanol–water partition coefficient (Wildman–Crippen LogP) is -1.57. The second-order valence-electron chi connectivity index (χ2n) is 4.07. The molecule has 1 fully saturated rings. The predicted molar refractivity (Wildman–Crippen MR) is 57.4 cm³/mol. The lowest BCUT2D eigenvalue weighted by Gasteiger charge is -2.31. The van der Waals surface area contributed by atoms with Gasteiger partial charge in [0.1, 0.15) is 25.3 Å². The van der Waals surface area contributed by atoms with E-state index < -0.39 is 0 Å². The summed E-state index contributed by atoms with van der Waals surface area (Å²) in [6.45, 7) is 6.64. The quantitative estimate of drug-likeness (QED) is 0.554. The largest absolute Gasteiger partial charge is 0.364 e. The lowest BCUT2D eigenvalue weighted by Crippen LogP contribution is -3.16. The van der Waals surface area contributed by atoms with Gasteiger partial charge in [-0.2, -0.15) is 0 Å². The summed E-state index contributed by atoms with van der Waals surface area (Å²) in [6, 6.07) is 0. The van der Waals surface area contributed by atoms with Crippen LogP contribution >= 0.6 is 0 Å². The maximum Gasteiger partial charge on any atom is 0.275 e. The van der Waals surface area contributed by atoms with Crippen molar-refractivity contribution in [3.63, 3.8) is 0 Å². The van der Waals surface area contributed by atoms with E-state index in [0.29, 0.717) is 13.1 Å². The van der Waals surface area contributed by atoms with Crippen LogP contribution in [-0.2, 0) is 9.53 Å². The Morgan fingerprint density at radius 1 is 1.53 bits per heavy atom. The van der Waals surface area contributed by atoms with Crippen LogP contribution in [0.2, 0.25) is 0 Å². The molecule has 1 aliphatic rings. The lowest BCUT2D eigenvalue weighted by atomic mass is 10.2. The summed E-state index contributed by atoms with van der Waals surface area (Å²) in [7, 11) is 0. The van der Waals surface area contributed by atoms with Crippen LogP contribution in [-0.4, -0.2) is 44.3 Å². The van der Waals surface area contributed by atoms with Gasteiger partial charge in [-0.3, -0.25) is 4.79 Å². The van der Waals surface area contributed by atoms with Gasteiger partial charge in [0.15, 0.2) is 6.54 Å². The third-order valence-electron chi connectivity index (χ3n) is 2.42. The van der Waals surface area contributed by atoms with E-state index in [1.54, 1.807) is 0 Å². The third kappa shape index (κ3) is 4.32. The highest BCUT2D eigenvalue weighted by atomic mass is 16.5. The smallest absolute Gasteiger partial charge is 0.275 e. The zero-order chi connectivity index (χ0) is 11.3. The Kier molecular flexibility index (Phi) is 4.60. The van der Waals surface area contributed by atoms with E-state index in [1.807, 2.05) is 13.8 Å². The maximum absolute atomic E-state index is 11.4. The second kappa shape index (κ2) is 5.74. The first-order valence-electron chi connectivity index (χ1n) is 5.31. The monoisotopic (exact) mass is 211 g/mol. The molecule has 0 aliphatic carbocycles. The number of carbonyl (C=O) groups is 1. The van der Waals surface area contributed by atoms with Crippen molar-refractivity contribution in [3.05, 3.63) is 0 Å². The Morgan fingerprint density at radius 2 is 2.13 bits per heavy atom. The van der Waals surface area contributed by atoms with Crippen molar-refractivity contribution in [2.75, 3.05) is 26.2 Å². The van der Waals surface area contributed by atoms with Crippen LogP contribution < -0.4 is 10.2 Å². The Hall–Kier alpha value is -1.05. The van der Waals surface area contributed by atoms with Gasteiger partial charge in [0.05, 0.1) is 6.54 Å². The van der Waals surface area contributed by atoms with Crippen LogP contribution in [0.3, 0.4) is 0 Å². The molecular weight excluding hydrogens is 192 g/mol. The number of terminal acetylenes is 1. The van der Waals surface area contributed by atoms with Gasteiger partial charge in [0.2, 0.25) is 0 Å². The van der Waals surface area contributed by atoms with Gasteiger partial charge in [0, 0.05) is 0 Å². The number of nitrogens with one attached hydrogen (secondary N) is 2. The molecule has 0 aromatic carbocycles. The second-order valence-corrected chi connectivity index (χ2v) is 4.07. The number of hydrogen-bond donors (Lipinski definition) is 2. The third-order valence-corrected chi connectivity index (χ3v) is 2.42. The summed E-state index contributed by atoms with van der Waals surface area (Å²) < 4.78 is 5.59. The first-order chi connectivity index (χ1) is 7.11. The number of rotatable bonds is 3. The van der Waals surface area contributed by atoms with Gasteiger partial charge in [-0.1, -0.05) is 5.92 Å². The van der Waals surface area contributed by atoms with Crippen molar-refractivity contribution in [2.45, 2.75) is 26.1 Å². The van der Waals surface area contributed by atoms with Crippen LogP contribution in [0.25, 0.3) is 0 Å². The Balaban J connectivity index is 2.31. The summed E-state index contributed by atoms with van der Waals surface area (Å²) in [5, 5.41) is 2.67. The van der Waals surface area contributed by atoms with Gasteiger partial charge in [-0.25, -0.2) is 0 Å². The molecule has 1 heterocycles. The summed E-state index contributed by atoms with van der Waals surface area (Å²) in [5.74, 6) is 2.41. The molecule has 2 N–H and O–H groups in total. The maximum atomic E-state index is 11.4. The minimum atomic E-state index is 0.0178. The molecule has 1 saturated heterocycles. The number of hydrogen-bond acceptors (Lipinski definition) is 2. The number of ether oxygens (including phenoxy) is 1. The number of quaternary nitrogens is 1. The van der Waals surface area contributed by atoms with E-state index >= 15 is 0 Å². The molecule has 0 radical (unpaired) electrons. The highest BCUT2D eigenvalue weighted by molar-refractivity contribution is 5.77. The van der Waals surface area contributed by atoms with Crippen LogP contribution in [0.5, 0.6) is 0 Å². The lowest BCUT2D eigenvalue weighted by molar-refractivity contribution is -0.907. The highest BCUT2D eigenvalue weighted by Crippen LogP contribution is 1.97.